The molecule has 6 nitrogen and oxygen atoms in total. The minimum absolute atomic E-state index is 0.0523. The Balaban J connectivity index is 1.81. The van der Waals surface area contributed by atoms with Gasteiger partial charge in [-0.1, -0.05) is 86.6 Å². The maximum atomic E-state index is 13.9. The van der Waals surface area contributed by atoms with E-state index in [9.17, 15) is 18.9 Å². The number of aliphatic hydroxyl groups is 1. The number of pyridine rings is 1. The fourth-order valence-corrected chi connectivity index (χ4v) is 5.27. The van der Waals surface area contributed by atoms with E-state index in [4.69, 9.17) is 9.72 Å². The average Bonchev–Trinajstić information content (AvgIpc) is 2.99. The number of aliphatic hydroxyl groups excluding tert-OH is 1. The number of hydrogen-bond acceptors (Lipinski definition) is 6. The molecule has 0 saturated heterocycles. The number of esters is 1. The van der Waals surface area contributed by atoms with Crippen molar-refractivity contribution >= 4 is 14.0 Å². The van der Waals surface area contributed by atoms with Gasteiger partial charge in [0.15, 0.2) is 0 Å². The molecule has 0 spiro atoms. The summed E-state index contributed by atoms with van der Waals surface area (Å²) in [6.45, 7) is 4.01. The summed E-state index contributed by atoms with van der Waals surface area (Å²) in [4.78, 5) is 17.4. The summed E-state index contributed by atoms with van der Waals surface area (Å²) in [5, 5.41) is 9.99. The number of halogens is 1. The summed E-state index contributed by atoms with van der Waals surface area (Å²) in [5.41, 5.74) is 5.64. The van der Waals surface area contributed by atoms with E-state index in [1.807, 2.05) is 56.3 Å². The Labute approximate surface area is 246 Å². The molecule has 1 heterocycles. The van der Waals surface area contributed by atoms with Gasteiger partial charge in [0.2, 0.25) is 6.16 Å². The molecule has 42 heavy (non-hydrogen) atoms. The smallest absolute Gasteiger partial charge is 0.388 e. The Morgan fingerprint density at radius 1 is 0.976 bits per heavy atom. The molecule has 0 radical (unpaired) electrons. The topological polar surface area (TPSA) is 85.7 Å². The molecular weight excluding hydrogens is 552 g/mol. The van der Waals surface area contributed by atoms with Crippen LogP contribution < -0.4 is 0 Å². The lowest BCUT2D eigenvalue weighted by atomic mass is 9.85. The lowest BCUT2D eigenvalue weighted by Gasteiger charge is -2.22. The van der Waals surface area contributed by atoms with Crippen molar-refractivity contribution in [1.82, 2.24) is 4.98 Å². The van der Waals surface area contributed by atoms with Crippen LogP contribution in [-0.2, 0) is 18.6 Å². The van der Waals surface area contributed by atoms with Crippen LogP contribution in [0.4, 0.5) is 4.39 Å². The van der Waals surface area contributed by atoms with Crippen LogP contribution in [-0.4, -0.2) is 35.4 Å². The second kappa shape index (κ2) is 14.6. The molecule has 0 aliphatic carbocycles. The maximum absolute atomic E-state index is 13.9. The van der Waals surface area contributed by atoms with Crippen molar-refractivity contribution in [3.8, 4) is 23.2 Å². The van der Waals surface area contributed by atoms with E-state index in [1.165, 1.54) is 19.2 Å². The summed E-state index contributed by atoms with van der Waals surface area (Å²) in [7, 11) is -0.798. The molecule has 3 aromatic carbocycles. The van der Waals surface area contributed by atoms with Crippen molar-refractivity contribution in [3.63, 3.8) is 0 Å². The number of benzene rings is 3. The van der Waals surface area contributed by atoms with E-state index in [0.29, 0.717) is 11.3 Å². The minimum Gasteiger partial charge on any atom is -0.388 e. The first kappa shape index (κ1) is 30.7. The normalized spacial score (nSPS) is 12.0. The predicted octanol–water partition coefficient (Wildman–Crippen LogP) is 7.18. The molecule has 0 saturated carbocycles. The van der Waals surface area contributed by atoms with E-state index < -0.39 is 20.1 Å². The van der Waals surface area contributed by atoms with Crippen LogP contribution in [0, 0.1) is 17.8 Å². The molecule has 0 aliphatic rings. The van der Waals surface area contributed by atoms with E-state index in [1.54, 1.807) is 12.1 Å². The van der Waals surface area contributed by atoms with Crippen LogP contribution in [0.15, 0.2) is 91.0 Å². The first-order valence-electron chi connectivity index (χ1n) is 13.5. The molecule has 8 heteroatoms. The lowest BCUT2D eigenvalue weighted by molar-refractivity contribution is -0.138. The van der Waals surface area contributed by atoms with Crippen molar-refractivity contribution in [1.29, 1.82) is 0 Å². The SMILES string of the molecule is CO[P+](=O)CC(O)CC(=O)OC#Cc1c(-c2ccc(F)cc2)cc(C(c2ccccc2)c2ccccc2)nc1C(C)C. The largest absolute Gasteiger partial charge is 0.510 e. The Bertz CT molecular complexity index is 1540. The molecule has 214 valence electrons. The summed E-state index contributed by atoms with van der Waals surface area (Å²) in [6.07, 6.45) is 0.726. The van der Waals surface area contributed by atoms with Gasteiger partial charge >= 0.3 is 14.0 Å². The fourth-order valence-electron chi connectivity index (χ4n) is 4.64. The number of hydrogen-bond donors (Lipinski definition) is 1. The van der Waals surface area contributed by atoms with Crippen LogP contribution in [0.5, 0.6) is 0 Å². The van der Waals surface area contributed by atoms with Crippen LogP contribution in [0.25, 0.3) is 11.1 Å². The first-order chi connectivity index (χ1) is 20.3. The Morgan fingerprint density at radius 2 is 1.57 bits per heavy atom. The Morgan fingerprint density at radius 3 is 2.12 bits per heavy atom. The Hall–Kier alpha value is -4.21. The van der Waals surface area contributed by atoms with Crippen molar-refractivity contribution in [2.24, 2.45) is 0 Å². The van der Waals surface area contributed by atoms with Crippen LogP contribution in [0.2, 0.25) is 0 Å². The number of carbonyl (C=O) groups is 1. The van der Waals surface area contributed by atoms with E-state index in [-0.39, 0.29) is 30.2 Å². The zero-order valence-electron chi connectivity index (χ0n) is 23.7. The molecule has 0 bridgehead atoms. The predicted molar refractivity (Wildman–Crippen MR) is 161 cm³/mol. The number of ether oxygens (including phenoxy) is 1. The van der Waals surface area contributed by atoms with Gasteiger partial charge < -0.3 is 9.84 Å². The van der Waals surface area contributed by atoms with Gasteiger partial charge in [0, 0.05) is 5.56 Å². The lowest BCUT2D eigenvalue weighted by Crippen LogP contribution is -2.17. The second-order valence-electron chi connectivity index (χ2n) is 10.0. The zero-order valence-corrected chi connectivity index (χ0v) is 24.6. The highest BCUT2D eigenvalue weighted by Crippen LogP contribution is 2.37. The van der Waals surface area contributed by atoms with Gasteiger partial charge in [-0.25, -0.2) is 4.39 Å². The second-order valence-corrected chi connectivity index (χ2v) is 11.4. The standard InChI is InChI=1S/C34H32FNO5P/c1-23(2)34-29(18-19-41-32(38)20-28(37)22-42(39)40-3)30(24-14-16-27(35)17-15-24)21-31(36-34)33(25-10-6-4-7-11-25)26-12-8-5-9-13-26/h4-17,21,23,28,33,37H,20,22H2,1-3H3/q+1. The molecule has 1 aromatic heterocycles. The molecule has 0 fully saturated rings. The number of rotatable bonds is 10. The van der Waals surface area contributed by atoms with Gasteiger partial charge in [0.05, 0.1) is 36.4 Å². The molecule has 2 atom stereocenters. The van der Waals surface area contributed by atoms with Crippen molar-refractivity contribution in [2.45, 2.75) is 38.2 Å². The summed E-state index contributed by atoms with van der Waals surface area (Å²) in [6, 6.07) is 28.3. The highest BCUT2D eigenvalue weighted by Gasteiger charge is 2.25. The van der Waals surface area contributed by atoms with E-state index >= 15 is 0 Å². The van der Waals surface area contributed by atoms with Crippen LogP contribution >= 0.6 is 8.03 Å². The summed E-state index contributed by atoms with van der Waals surface area (Å²) >= 11 is 0. The van der Waals surface area contributed by atoms with Crippen molar-refractivity contribution in [3.05, 3.63) is 125 Å². The fraction of sp³-hybridized carbons (Fsp3) is 0.235. The molecule has 0 aliphatic heterocycles. The molecular formula is C34H32FNO5P+. The minimum atomic E-state index is -2.06. The molecule has 4 rings (SSSR count). The molecule has 2 unspecified atom stereocenters. The van der Waals surface area contributed by atoms with Gasteiger partial charge in [-0.2, -0.15) is 0 Å². The third-order valence-electron chi connectivity index (χ3n) is 6.64. The average molecular weight is 585 g/mol. The van der Waals surface area contributed by atoms with E-state index in [0.717, 1.165) is 27.9 Å². The molecule has 4 aromatic rings. The van der Waals surface area contributed by atoms with Crippen molar-refractivity contribution in [2.75, 3.05) is 13.3 Å². The van der Waals surface area contributed by atoms with Crippen molar-refractivity contribution < 1.29 is 28.1 Å². The first-order valence-corrected chi connectivity index (χ1v) is 14.9. The van der Waals surface area contributed by atoms with Gasteiger partial charge in [0.25, 0.3) is 0 Å². The van der Waals surface area contributed by atoms with Crippen LogP contribution in [0.1, 0.15) is 60.2 Å². The number of nitrogens with zero attached hydrogens (tertiary/aromatic N) is 1. The van der Waals surface area contributed by atoms with E-state index in [2.05, 4.69) is 40.8 Å². The van der Waals surface area contributed by atoms with Gasteiger partial charge in [-0.05, 0) is 51.3 Å². The van der Waals surface area contributed by atoms with Gasteiger partial charge in [-0.15, -0.1) is 4.52 Å². The number of carbonyl (C=O) groups excluding carboxylic acids is 1. The van der Waals surface area contributed by atoms with Gasteiger partial charge in [0.1, 0.15) is 18.0 Å². The third kappa shape index (κ3) is 7.96. The zero-order chi connectivity index (χ0) is 30.1. The maximum Gasteiger partial charge on any atom is 0.510 e. The number of aromatic nitrogens is 1. The van der Waals surface area contributed by atoms with Gasteiger partial charge in [-0.3, -0.25) is 9.78 Å². The van der Waals surface area contributed by atoms with Crippen LogP contribution in [0.3, 0.4) is 0 Å². The Kier molecular flexibility index (Phi) is 10.7. The summed E-state index contributed by atoms with van der Waals surface area (Å²) in [5.74, 6) is 1.61. The quantitative estimate of drug-likeness (QED) is 0.121. The molecule has 0 amide bonds. The molecule has 1 N–H and O–H groups in total. The third-order valence-corrected chi connectivity index (χ3v) is 7.76. The highest BCUT2D eigenvalue weighted by atomic mass is 31.1. The summed E-state index contributed by atoms with van der Waals surface area (Å²) < 4.78 is 35.2. The monoisotopic (exact) mass is 584 g/mol. The highest BCUT2D eigenvalue weighted by molar-refractivity contribution is 7.39.